The second-order valence-electron chi connectivity index (χ2n) is 6.12. The summed E-state index contributed by atoms with van der Waals surface area (Å²) >= 11 is 5.97. The number of carbonyl (C=O) groups excluding carboxylic acids is 1. The predicted octanol–water partition coefficient (Wildman–Crippen LogP) is 4.09. The number of hydrogen-bond donors (Lipinski definition) is 1. The summed E-state index contributed by atoms with van der Waals surface area (Å²) in [6, 6.07) is 11.2. The number of carbonyl (C=O) groups is 1. The maximum atomic E-state index is 12.3. The minimum Gasteiger partial charge on any atom is -0.350 e. The molecule has 1 aliphatic rings. The van der Waals surface area contributed by atoms with E-state index in [2.05, 4.69) is 15.3 Å². The van der Waals surface area contributed by atoms with Crippen molar-refractivity contribution < 1.29 is 4.79 Å². The van der Waals surface area contributed by atoms with E-state index in [9.17, 15) is 4.79 Å². The van der Waals surface area contributed by atoms with Gasteiger partial charge in [0.2, 0.25) is 0 Å². The molecule has 1 amide bonds. The van der Waals surface area contributed by atoms with E-state index in [0.717, 1.165) is 28.6 Å². The molecule has 0 aliphatic heterocycles. The Balaban J connectivity index is 1.72. The topological polar surface area (TPSA) is 54.9 Å². The molecule has 1 aliphatic carbocycles. The molecule has 2 aromatic heterocycles. The highest BCUT2D eigenvalue weighted by Crippen LogP contribution is 2.28. The molecular formula is C19H16ClN3O. The van der Waals surface area contributed by atoms with Gasteiger partial charge in [0.05, 0.1) is 5.52 Å². The standard InChI is InChI=1S/C19H16ClN3O/c20-15-6-3-13(4-7-15)16-11-21-10-14-5-8-17(23-18(14)16)19(24)22-9-12-1-2-12/h3-8,10-12H,1-2,9H2,(H,22,24). The first-order valence-corrected chi connectivity index (χ1v) is 8.37. The molecule has 5 heteroatoms. The Bertz CT molecular complexity index is 904. The lowest BCUT2D eigenvalue weighted by Crippen LogP contribution is -2.26. The molecule has 2 heterocycles. The van der Waals surface area contributed by atoms with E-state index in [1.54, 1.807) is 18.5 Å². The normalized spacial score (nSPS) is 13.9. The number of rotatable bonds is 4. The molecule has 1 aromatic carbocycles. The fraction of sp³-hybridized carbons (Fsp3) is 0.211. The molecule has 0 radical (unpaired) electrons. The number of benzene rings is 1. The van der Waals surface area contributed by atoms with Crippen LogP contribution >= 0.6 is 11.6 Å². The fourth-order valence-corrected chi connectivity index (χ4v) is 2.79. The minimum absolute atomic E-state index is 0.123. The summed E-state index contributed by atoms with van der Waals surface area (Å²) in [4.78, 5) is 21.2. The van der Waals surface area contributed by atoms with Gasteiger partial charge in [-0.15, -0.1) is 0 Å². The van der Waals surface area contributed by atoms with Crippen LogP contribution in [0.4, 0.5) is 0 Å². The first kappa shape index (κ1) is 15.1. The molecular weight excluding hydrogens is 322 g/mol. The summed E-state index contributed by atoms with van der Waals surface area (Å²) in [7, 11) is 0. The average molecular weight is 338 g/mol. The molecule has 4 rings (SSSR count). The quantitative estimate of drug-likeness (QED) is 0.780. The Morgan fingerprint density at radius 3 is 2.67 bits per heavy atom. The maximum absolute atomic E-state index is 12.3. The van der Waals surface area contributed by atoms with Crippen LogP contribution in [-0.2, 0) is 0 Å². The molecule has 0 spiro atoms. The molecule has 0 unspecified atom stereocenters. The summed E-state index contributed by atoms with van der Waals surface area (Å²) in [5.41, 5.74) is 3.07. The van der Waals surface area contributed by atoms with Gasteiger partial charge in [-0.2, -0.15) is 0 Å². The minimum atomic E-state index is -0.123. The van der Waals surface area contributed by atoms with Crippen LogP contribution in [0, 0.1) is 5.92 Å². The first-order valence-electron chi connectivity index (χ1n) is 7.99. The van der Waals surface area contributed by atoms with Crippen LogP contribution in [0.2, 0.25) is 5.02 Å². The lowest BCUT2D eigenvalue weighted by atomic mass is 10.0. The van der Waals surface area contributed by atoms with Gasteiger partial charge in [0.15, 0.2) is 0 Å². The SMILES string of the molecule is O=C(NCC1CC1)c1ccc2cncc(-c3ccc(Cl)cc3)c2n1. The van der Waals surface area contributed by atoms with E-state index in [-0.39, 0.29) is 5.91 Å². The monoisotopic (exact) mass is 337 g/mol. The molecule has 120 valence electrons. The number of pyridine rings is 2. The van der Waals surface area contributed by atoms with E-state index in [0.29, 0.717) is 16.6 Å². The smallest absolute Gasteiger partial charge is 0.269 e. The summed E-state index contributed by atoms with van der Waals surface area (Å²) in [6.07, 6.45) is 5.94. The van der Waals surface area contributed by atoms with Gasteiger partial charge in [-0.1, -0.05) is 23.7 Å². The number of aromatic nitrogens is 2. The highest BCUT2D eigenvalue weighted by atomic mass is 35.5. The molecule has 24 heavy (non-hydrogen) atoms. The number of amides is 1. The molecule has 3 aromatic rings. The van der Waals surface area contributed by atoms with Crippen molar-refractivity contribution in [2.75, 3.05) is 6.54 Å². The Hall–Kier alpha value is -2.46. The van der Waals surface area contributed by atoms with Crippen LogP contribution in [0.3, 0.4) is 0 Å². The second-order valence-corrected chi connectivity index (χ2v) is 6.55. The Morgan fingerprint density at radius 2 is 1.92 bits per heavy atom. The van der Waals surface area contributed by atoms with Crippen LogP contribution < -0.4 is 5.32 Å². The highest BCUT2D eigenvalue weighted by Gasteiger charge is 2.22. The van der Waals surface area contributed by atoms with Crippen molar-refractivity contribution in [3.63, 3.8) is 0 Å². The maximum Gasteiger partial charge on any atom is 0.269 e. The zero-order chi connectivity index (χ0) is 16.5. The molecule has 0 saturated heterocycles. The number of hydrogen-bond acceptors (Lipinski definition) is 3. The lowest BCUT2D eigenvalue weighted by Gasteiger charge is -2.08. The van der Waals surface area contributed by atoms with E-state index in [4.69, 9.17) is 11.6 Å². The number of fused-ring (bicyclic) bond motifs is 1. The van der Waals surface area contributed by atoms with Gasteiger partial charge in [-0.25, -0.2) is 4.98 Å². The zero-order valence-electron chi connectivity index (χ0n) is 13.0. The van der Waals surface area contributed by atoms with Gasteiger partial charge >= 0.3 is 0 Å². The largest absolute Gasteiger partial charge is 0.350 e. The zero-order valence-corrected chi connectivity index (χ0v) is 13.8. The van der Waals surface area contributed by atoms with Crippen LogP contribution in [0.5, 0.6) is 0 Å². The van der Waals surface area contributed by atoms with Crippen molar-refractivity contribution >= 4 is 28.4 Å². The third kappa shape index (κ3) is 3.10. The van der Waals surface area contributed by atoms with Crippen molar-refractivity contribution in [2.45, 2.75) is 12.8 Å². The van der Waals surface area contributed by atoms with Crippen molar-refractivity contribution in [3.8, 4) is 11.1 Å². The highest BCUT2D eigenvalue weighted by molar-refractivity contribution is 6.30. The summed E-state index contributed by atoms with van der Waals surface area (Å²) in [5, 5.41) is 4.54. The third-order valence-corrected chi connectivity index (χ3v) is 4.49. The van der Waals surface area contributed by atoms with Crippen molar-refractivity contribution in [1.82, 2.24) is 15.3 Å². The van der Waals surface area contributed by atoms with E-state index >= 15 is 0 Å². The van der Waals surface area contributed by atoms with Gasteiger partial charge in [0, 0.05) is 34.9 Å². The van der Waals surface area contributed by atoms with Gasteiger partial charge in [0.1, 0.15) is 5.69 Å². The van der Waals surface area contributed by atoms with Gasteiger partial charge in [0.25, 0.3) is 5.91 Å². The van der Waals surface area contributed by atoms with Crippen LogP contribution in [-0.4, -0.2) is 22.4 Å². The Labute approximate surface area is 144 Å². The molecule has 0 atom stereocenters. The van der Waals surface area contributed by atoms with Crippen molar-refractivity contribution in [2.24, 2.45) is 5.92 Å². The third-order valence-electron chi connectivity index (χ3n) is 4.23. The van der Waals surface area contributed by atoms with Crippen LogP contribution in [0.1, 0.15) is 23.3 Å². The van der Waals surface area contributed by atoms with Crippen molar-refractivity contribution in [3.05, 3.63) is 59.5 Å². The molecule has 1 fully saturated rings. The number of nitrogens with one attached hydrogen (secondary N) is 1. The van der Waals surface area contributed by atoms with Crippen LogP contribution in [0.25, 0.3) is 22.0 Å². The van der Waals surface area contributed by atoms with E-state index in [1.165, 1.54) is 12.8 Å². The number of nitrogens with zero attached hydrogens (tertiary/aromatic N) is 2. The van der Waals surface area contributed by atoms with Crippen molar-refractivity contribution in [1.29, 1.82) is 0 Å². The van der Waals surface area contributed by atoms with Gasteiger partial charge in [-0.3, -0.25) is 9.78 Å². The van der Waals surface area contributed by atoms with E-state index < -0.39 is 0 Å². The molecule has 1 saturated carbocycles. The fourth-order valence-electron chi connectivity index (χ4n) is 2.66. The first-order chi connectivity index (χ1) is 11.7. The Morgan fingerprint density at radius 1 is 1.12 bits per heavy atom. The second kappa shape index (κ2) is 6.21. The lowest BCUT2D eigenvalue weighted by molar-refractivity contribution is 0.0947. The van der Waals surface area contributed by atoms with Crippen LogP contribution in [0.15, 0.2) is 48.8 Å². The summed E-state index contributed by atoms with van der Waals surface area (Å²) in [6.45, 7) is 0.735. The molecule has 1 N–H and O–H groups in total. The predicted molar refractivity (Wildman–Crippen MR) is 95.0 cm³/mol. The molecule has 4 nitrogen and oxygen atoms in total. The summed E-state index contributed by atoms with van der Waals surface area (Å²) in [5.74, 6) is 0.519. The van der Waals surface area contributed by atoms with E-state index in [1.807, 2.05) is 30.3 Å². The van der Waals surface area contributed by atoms with Gasteiger partial charge < -0.3 is 5.32 Å². The summed E-state index contributed by atoms with van der Waals surface area (Å²) < 4.78 is 0. The number of halogens is 1. The molecule has 0 bridgehead atoms. The average Bonchev–Trinajstić information content (AvgIpc) is 3.44. The Kier molecular flexibility index (Phi) is 3.90. The van der Waals surface area contributed by atoms with Gasteiger partial charge in [-0.05, 0) is 48.6 Å².